The number of nitrogens with zero attached hydrogens (tertiary/aromatic N) is 1. The van der Waals surface area contributed by atoms with Crippen LogP contribution in [0.15, 0.2) is 65.4 Å². The first-order valence-corrected chi connectivity index (χ1v) is 8.09. The van der Waals surface area contributed by atoms with Gasteiger partial charge in [-0.25, -0.2) is 0 Å². The van der Waals surface area contributed by atoms with E-state index in [1.54, 1.807) is 48.7 Å². The minimum absolute atomic E-state index is 0.0981. The van der Waals surface area contributed by atoms with E-state index in [2.05, 4.69) is 15.6 Å². The predicted molar refractivity (Wildman–Crippen MR) is 95.7 cm³/mol. The maximum atomic E-state index is 12.2. The van der Waals surface area contributed by atoms with E-state index >= 15 is 0 Å². The number of aliphatic hydroxyl groups excluding tert-OH is 1. The molecule has 7 nitrogen and oxygen atoms in total. The number of furan rings is 1. The average Bonchev–Trinajstić information content (AvgIpc) is 3.18. The minimum atomic E-state index is -0.800. The number of phenols is 1. The highest BCUT2D eigenvalue weighted by molar-refractivity contribution is 5.93. The Balaban J connectivity index is 1.57. The molecule has 0 aliphatic rings. The number of benzene rings is 1. The van der Waals surface area contributed by atoms with Gasteiger partial charge in [-0.3, -0.25) is 9.78 Å². The van der Waals surface area contributed by atoms with Crippen LogP contribution in [-0.4, -0.2) is 27.6 Å². The van der Waals surface area contributed by atoms with E-state index in [0.29, 0.717) is 17.0 Å². The maximum Gasteiger partial charge on any atom is 0.270 e. The molecule has 134 valence electrons. The number of aromatic nitrogens is 1. The summed E-state index contributed by atoms with van der Waals surface area (Å²) < 4.78 is 5.17. The summed E-state index contributed by atoms with van der Waals surface area (Å²) in [5.41, 5.74) is 1.51. The van der Waals surface area contributed by atoms with Crippen molar-refractivity contribution in [2.24, 2.45) is 0 Å². The maximum absolute atomic E-state index is 12.2. The molecule has 4 N–H and O–H groups in total. The first-order chi connectivity index (χ1) is 12.6. The first kappa shape index (κ1) is 17.5. The number of anilines is 1. The van der Waals surface area contributed by atoms with Gasteiger partial charge in [0.05, 0.1) is 18.9 Å². The third-order valence-electron chi connectivity index (χ3n) is 3.75. The highest BCUT2D eigenvalue weighted by Gasteiger charge is 2.11. The van der Waals surface area contributed by atoms with Crippen molar-refractivity contribution in [3.05, 3.63) is 78.0 Å². The Morgan fingerprint density at radius 2 is 2.08 bits per heavy atom. The van der Waals surface area contributed by atoms with Gasteiger partial charge in [0.15, 0.2) is 0 Å². The Kier molecular flexibility index (Phi) is 5.50. The summed E-state index contributed by atoms with van der Waals surface area (Å²) in [6, 6.07) is 13.3. The van der Waals surface area contributed by atoms with Gasteiger partial charge in [-0.2, -0.15) is 0 Å². The Hall–Kier alpha value is -3.32. The summed E-state index contributed by atoms with van der Waals surface area (Å²) >= 11 is 0. The molecule has 1 aromatic carbocycles. The average molecular weight is 353 g/mol. The van der Waals surface area contributed by atoms with Crippen molar-refractivity contribution in [3.8, 4) is 5.75 Å². The van der Waals surface area contributed by atoms with E-state index in [1.807, 2.05) is 0 Å². The quantitative estimate of drug-likeness (QED) is 0.520. The topological polar surface area (TPSA) is 108 Å². The fourth-order valence-corrected chi connectivity index (χ4v) is 2.40. The molecule has 0 unspecified atom stereocenters. The smallest absolute Gasteiger partial charge is 0.270 e. The fourth-order valence-electron chi connectivity index (χ4n) is 2.40. The number of hydrogen-bond donors (Lipinski definition) is 4. The molecule has 7 heteroatoms. The van der Waals surface area contributed by atoms with Crippen LogP contribution in [-0.2, 0) is 6.54 Å². The number of phenolic OH excluding ortho intramolecular Hbond substituents is 1. The van der Waals surface area contributed by atoms with Crippen LogP contribution in [0.5, 0.6) is 5.75 Å². The zero-order chi connectivity index (χ0) is 18.4. The summed E-state index contributed by atoms with van der Waals surface area (Å²) in [7, 11) is 0. The van der Waals surface area contributed by atoms with Gasteiger partial charge in [0, 0.05) is 18.4 Å². The Labute approximate surface area is 150 Å². The van der Waals surface area contributed by atoms with Gasteiger partial charge in [0.2, 0.25) is 0 Å². The first-order valence-electron chi connectivity index (χ1n) is 8.09. The zero-order valence-electron chi connectivity index (χ0n) is 13.9. The van der Waals surface area contributed by atoms with Crippen molar-refractivity contribution < 1.29 is 19.4 Å². The number of carbonyl (C=O) groups excluding carboxylic acids is 1. The number of carbonyl (C=O) groups is 1. The van der Waals surface area contributed by atoms with Gasteiger partial charge in [-0.1, -0.05) is 12.1 Å². The third-order valence-corrected chi connectivity index (χ3v) is 3.75. The number of nitrogens with one attached hydrogen (secondary N) is 2. The number of aliphatic hydroxyl groups is 1. The molecule has 0 radical (unpaired) electrons. The summed E-state index contributed by atoms with van der Waals surface area (Å²) in [6.07, 6.45) is 2.26. The van der Waals surface area contributed by atoms with Crippen LogP contribution in [0.2, 0.25) is 0 Å². The fraction of sp³-hybridized carbons (Fsp3) is 0.158. The Bertz CT molecular complexity index is 865. The monoisotopic (exact) mass is 353 g/mol. The molecule has 0 saturated carbocycles. The van der Waals surface area contributed by atoms with Crippen molar-refractivity contribution in [2.45, 2.75) is 12.6 Å². The molecule has 0 aliphatic heterocycles. The molecule has 0 fully saturated rings. The van der Waals surface area contributed by atoms with Crippen LogP contribution in [0.1, 0.15) is 27.9 Å². The molecule has 0 saturated heterocycles. The Morgan fingerprint density at radius 1 is 1.19 bits per heavy atom. The van der Waals surface area contributed by atoms with Crippen molar-refractivity contribution in [1.29, 1.82) is 0 Å². The number of rotatable bonds is 7. The Morgan fingerprint density at radius 3 is 2.85 bits per heavy atom. The van der Waals surface area contributed by atoms with Crippen LogP contribution in [0.3, 0.4) is 0 Å². The van der Waals surface area contributed by atoms with Crippen LogP contribution >= 0.6 is 0 Å². The van der Waals surface area contributed by atoms with E-state index in [-0.39, 0.29) is 30.4 Å². The molecule has 3 aromatic rings. The van der Waals surface area contributed by atoms with Crippen molar-refractivity contribution >= 4 is 11.6 Å². The molecule has 1 amide bonds. The highest BCUT2D eigenvalue weighted by Crippen LogP contribution is 2.19. The third kappa shape index (κ3) is 4.61. The van der Waals surface area contributed by atoms with Crippen LogP contribution in [0.25, 0.3) is 0 Å². The van der Waals surface area contributed by atoms with Crippen molar-refractivity contribution in [2.75, 3.05) is 11.9 Å². The zero-order valence-corrected chi connectivity index (χ0v) is 13.9. The highest BCUT2D eigenvalue weighted by atomic mass is 16.3. The lowest BCUT2D eigenvalue weighted by Gasteiger charge is -2.14. The number of aromatic hydroxyl groups is 1. The lowest BCUT2D eigenvalue weighted by atomic mass is 10.1. The van der Waals surface area contributed by atoms with Gasteiger partial charge in [0.25, 0.3) is 5.91 Å². The SMILES string of the molecule is O=C(NCc1ccco1)c1cc(NC[C@H](O)c2cccc(O)c2)ccn1. The largest absolute Gasteiger partial charge is 0.508 e. The second-order valence-electron chi connectivity index (χ2n) is 5.68. The molecule has 2 aromatic heterocycles. The van der Waals surface area contributed by atoms with Gasteiger partial charge < -0.3 is 25.3 Å². The van der Waals surface area contributed by atoms with Gasteiger partial charge in [-0.15, -0.1) is 0 Å². The van der Waals surface area contributed by atoms with E-state index in [4.69, 9.17) is 4.42 Å². The molecule has 2 heterocycles. The molecule has 0 spiro atoms. The number of hydrogen-bond acceptors (Lipinski definition) is 6. The molecule has 26 heavy (non-hydrogen) atoms. The molecule has 0 bridgehead atoms. The second kappa shape index (κ2) is 8.17. The van der Waals surface area contributed by atoms with Gasteiger partial charge >= 0.3 is 0 Å². The summed E-state index contributed by atoms with van der Waals surface area (Å²) in [4.78, 5) is 16.2. The standard InChI is InChI=1S/C19H19N3O4/c23-15-4-1-3-13(9-15)18(24)12-21-14-6-7-20-17(10-14)19(25)22-11-16-5-2-8-26-16/h1-10,18,23-24H,11-12H2,(H,20,21)(H,22,25)/t18-/m0/s1. The second-order valence-corrected chi connectivity index (χ2v) is 5.68. The number of pyridine rings is 1. The van der Waals surface area contributed by atoms with Crippen molar-refractivity contribution in [3.63, 3.8) is 0 Å². The van der Waals surface area contributed by atoms with Crippen LogP contribution in [0.4, 0.5) is 5.69 Å². The van der Waals surface area contributed by atoms with Crippen LogP contribution in [0, 0.1) is 0 Å². The van der Waals surface area contributed by atoms with E-state index in [9.17, 15) is 15.0 Å². The molecular weight excluding hydrogens is 334 g/mol. The van der Waals surface area contributed by atoms with Gasteiger partial charge in [-0.05, 0) is 42.0 Å². The normalized spacial score (nSPS) is 11.7. The lowest BCUT2D eigenvalue weighted by Crippen LogP contribution is -2.23. The summed E-state index contributed by atoms with van der Waals surface area (Å²) in [5.74, 6) is 0.432. The van der Waals surface area contributed by atoms with E-state index in [0.717, 1.165) is 0 Å². The van der Waals surface area contributed by atoms with Gasteiger partial charge in [0.1, 0.15) is 17.2 Å². The summed E-state index contributed by atoms with van der Waals surface area (Å²) in [6.45, 7) is 0.502. The molecule has 0 aliphatic carbocycles. The minimum Gasteiger partial charge on any atom is -0.508 e. The van der Waals surface area contributed by atoms with E-state index < -0.39 is 6.10 Å². The molecule has 3 rings (SSSR count). The molecule has 1 atom stereocenters. The molecular formula is C19H19N3O4. The van der Waals surface area contributed by atoms with E-state index in [1.165, 1.54) is 12.3 Å². The summed E-state index contributed by atoms with van der Waals surface area (Å²) in [5, 5.41) is 25.5. The number of amides is 1. The predicted octanol–water partition coefficient (Wildman–Crippen LogP) is 2.46. The lowest BCUT2D eigenvalue weighted by molar-refractivity contribution is 0.0943. The van der Waals surface area contributed by atoms with Crippen LogP contribution < -0.4 is 10.6 Å². The van der Waals surface area contributed by atoms with Crippen molar-refractivity contribution in [1.82, 2.24) is 10.3 Å².